The van der Waals surface area contributed by atoms with Gasteiger partial charge in [-0.2, -0.15) is 0 Å². The van der Waals surface area contributed by atoms with E-state index in [2.05, 4.69) is 22.4 Å². The molecule has 22 heavy (non-hydrogen) atoms. The number of thioether (sulfide) groups is 1. The van der Waals surface area contributed by atoms with Gasteiger partial charge in [-0.05, 0) is 49.9 Å². The average Bonchev–Trinajstić information content (AvgIpc) is 2.53. The van der Waals surface area contributed by atoms with Gasteiger partial charge in [-0.15, -0.1) is 11.8 Å². The fourth-order valence-corrected chi connectivity index (χ4v) is 2.65. The van der Waals surface area contributed by atoms with Gasteiger partial charge in [0.1, 0.15) is 5.75 Å². The summed E-state index contributed by atoms with van der Waals surface area (Å²) in [6.45, 7) is 4.69. The molecule has 2 rings (SSSR count). The summed E-state index contributed by atoms with van der Waals surface area (Å²) in [6, 6.07) is 10.1. The Morgan fingerprint density at radius 2 is 2.09 bits per heavy atom. The van der Waals surface area contributed by atoms with Crippen molar-refractivity contribution in [1.29, 1.82) is 0 Å². The van der Waals surface area contributed by atoms with Crippen molar-refractivity contribution in [2.24, 2.45) is 0 Å². The molecule has 0 spiro atoms. The number of rotatable bonds is 7. The lowest BCUT2D eigenvalue weighted by molar-refractivity contribution is 0.234. The third-order valence-corrected chi connectivity index (χ3v) is 3.81. The lowest BCUT2D eigenvalue weighted by Crippen LogP contribution is -2.10. The van der Waals surface area contributed by atoms with Gasteiger partial charge in [-0.25, -0.2) is 4.98 Å². The molecule has 0 aliphatic rings. The average molecular weight is 318 g/mol. The van der Waals surface area contributed by atoms with Crippen molar-refractivity contribution in [1.82, 2.24) is 4.98 Å². The predicted octanol–water partition coefficient (Wildman–Crippen LogP) is 4.21. The zero-order valence-corrected chi connectivity index (χ0v) is 14.2. The predicted molar refractivity (Wildman–Crippen MR) is 92.1 cm³/mol. The molecule has 0 atom stereocenters. The van der Waals surface area contributed by atoms with Gasteiger partial charge in [0, 0.05) is 17.6 Å². The van der Waals surface area contributed by atoms with E-state index in [1.165, 1.54) is 5.56 Å². The lowest BCUT2D eigenvalue weighted by Gasteiger charge is -2.15. The quantitative estimate of drug-likeness (QED) is 0.775. The van der Waals surface area contributed by atoms with Gasteiger partial charge in [0.2, 0.25) is 5.88 Å². The number of nitrogens with one attached hydrogen (secondary N) is 1. The number of hydrogen-bond donors (Lipinski definition) is 1. The van der Waals surface area contributed by atoms with Gasteiger partial charge >= 0.3 is 0 Å². The molecule has 1 N–H and O–H groups in total. The number of aromatic nitrogens is 1. The largest absolute Gasteiger partial charge is 0.496 e. The van der Waals surface area contributed by atoms with E-state index < -0.39 is 0 Å². The minimum atomic E-state index is 0.0968. The normalized spacial score (nSPS) is 10.6. The van der Waals surface area contributed by atoms with Crippen LogP contribution in [0.25, 0.3) is 0 Å². The second kappa shape index (κ2) is 7.94. The molecular weight excluding hydrogens is 296 g/mol. The number of ether oxygens (including phenoxy) is 2. The number of pyridine rings is 1. The van der Waals surface area contributed by atoms with Crippen LogP contribution in [-0.2, 0) is 6.54 Å². The maximum atomic E-state index is 5.72. The molecule has 1 aromatic carbocycles. The minimum Gasteiger partial charge on any atom is -0.496 e. The Morgan fingerprint density at radius 3 is 2.77 bits per heavy atom. The summed E-state index contributed by atoms with van der Waals surface area (Å²) in [5.74, 6) is 1.54. The van der Waals surface area contributed by atoms with E-state index in [9.17, 15) is 0 Å². The first kappa shape index (κ1) is 16.5. The molecule has 0 unspecified atom stereocenters. The molecule has 0 aliphatic carbocycles. The second-order valence-corrected chi connectivity index (χ2v) is 5.91. The molecule has 1 heterocycles. The summed E-state index contributed by atoms with van der Waals surface area (Å²) in [6.07, 6.45) is 3.88. The monoisotopic (exact) mass is 318 g/mol. The van der Waals surface area contributed by atoms with Crippen LogP contribution in [0.5, 0.6) is 11.6 Å². The fourth-order valence-electron chi connectivity index (χ4n) is 2.03. The molecule has 1 aromatic heterocycles. The van der Waals surface area contributed by atoms with Crippen molar-refractivity contribution in [3.05, 3.63) is 42.1 Å². The van der Waals surface area contributed by atoms with Gasteiger partial charge in [-0.1, -0.05) is 6.07 Å². The van der Waals surface area contributed by atoms with Crippen LogP contribution in [0.1, 0.15) is 19.4 Å². The smallest absolute Gasteiger partial charge is 0.237 e. The molecule has 0 bridgehead atoms. The van der Waals surface area contributed by atoms with E-state index in [1.54, 1.807) is 25.1 Å². The van der Waals surface area contributed by atoms with Crippen LogP contribution >= 0.6 is 11.8 Å². The van der Waals surface area contributed by atoms with Gasteiger partial charge in [0.15, 0.2) is 0 Å². The molecule has 4 nitrogen and oxygen atoms in total. The van der Waals surface area contributed by atoms with Crippen LogP contribution in [-0.4, -0.2) is 24.5 Å². The zero-order valence-electron chi connectivity index (χ0n) is 13.4. The van der Waals surface area contributed by atoms with Crippen LogP contribution in [0.4, 0.5) is 5.69 Å². The van der Waals surface area contributed by atoms with E-state index >= 15 is 0 Å². The molecule has 0 amide bonds. The SMILES string of the molecule is COc1ccc(CNc2cccnc2OC(C)C)cc1SC. The van der Waals surface area contributed by atoms with Crippen LogP contribution in [0.2, 0.25) is 0 Å². The molecule has 0 fully saturated rings. The summed E-state index contributed by atoms with van der Waals surface area (Å²) in [4.78, 5) is 5.41. The Labute approximate surface area is 136 Å². The molecule has 0 saturated carbocycles. The Kier molecular flexibility index (Phi) is 5.95. The van der Waals surface area contributed by atoms with Crippen molar-refractivity contribution >= 4 is 17.4 Å². The Hall–Kier alpha value is -1.88. The first-order valence-electron chi connectivity index (χ1n) is 7.20. The summed E-state index contributed by atoms with van der Waals surface area (Å²) in [5, 5.41) is 3.39. The molecular formula is C17H22N2O2S. The molecule has 0 saturated heterocycles. The van der Waals surface area contributed by atoms with Crippen molar-refractivity contribution < 1.29 is 9.47 Å². The van der Waals surface area contributed by atoms with Crippen LogP contribution in [0.3, 0.4) is 0 Å². The van der Waals surface area contributed by atoms with E-state index in [0.29, 0.717) is 12.4 Å². The van der Waals surface area contributed by atoms with Gasteiger partial charge < -0.3 is 14.8 Å². The number of methoxy groups -OCH3 is 1. The maximum absolute atomic E-state index is 5.72. The highest BCUT2D eigenvalue weighted by Gasteiger charge is 2.07. The fraction of sp³-hybridized carbons (Fsp3) is 0.353. The first-order chi connectivity index (χ1) is 10.6. The third kappa shape index (κ3) is 4.31. The highest BCUT2D eigenvalue weighted by Crippen LogP contribution is 2.29. The van der Waals surface area contributed by atoms with Crippen molar-refractivity contribution in [3.63, 3.8) is 0 Å². The van der Waals surface area contributed by atoms with Crippen LogP contribution < -0.4 is 14.8 Å². The molecule has 118 valence electrons. The third-order valence-electron chi connectivity index (χ3n) is 3.05. The molecule has 5 heteroatoms. The number of anilines is 1. The van der Waals surface area contributed by atoms with E-state index in [4.69, 9.17) is 9.47 Å². The van der Waals surface area contributed by atoms with Crippen LogP contribution in [0, 0.1) is 0 Å². The summed E-state index contributed by atoms with van der Waals surface area (Å²) in [5.41, 5.74) is 2.09. The number of nitrogens with zero attached hydrogens (tertiary/aromatic N) is 1. The zero-order chi connectivity index (χ0) is 15.9. The van der Waals surface area contributed by atoms with Gasteiger partial charge in [0.05, 0.1) is 18.9 Å². The van der Waals surface area contributed by atoms with E-state index in [1.807, 2.05) is 38.3 Å². The van der Waals surface area contributed by atoms with Crippen LogP contribution in [0.15, 0.2) is 41.4 Å². The second-order valence-electron chi connectivity index (χ2n) is 5.07. The van der Waals surface area contributed by atoms with Crippen molar-refractivity contribution in [3.8, 4) is 11.6 Å². The van der Waals surface area contributed by atoms with E-state index in [0.717, 1.165) is 16.3 Å². The van der Waals surface area contributed by atoms with E-state index in [-0.39, 0.29) is 6.10 Å². The number of benzene rings is 1. The van der Waals surface area contributed by atoms with Crippen molar-refractivity contribution in [2.75, 3.05) is 18.7 Å². The number of hydrogen-bond acceptors (Lipinski definition) is 5. The highest BCUT2D eigenvalue weighted by atomic mass is 32.2. The van der Waals surface area contributed by atoms with Gasteiger partial charge in [-0.3, -0.25) is 0 Å². The topological polar surface area (TPSA) is 43.4 Å². The summed E-state index contributed by atoms with van der Waals surface area (Å²) >= 11 is 1.68. The van der Waals surface area contributed by atoms with Gasteiger partial charge in [0.25, 0.3) is 0 Å². The summed E-state index contributed by atoms with van der Waals surface area (Å²) < 4.78 is 11.1. The Balaban J connectivity index is 2.10. The standard InChI is InChI=1S/C17H22N2O2S/c1-12(2)21-17-14(6-5-9-18-17)19-11-13-7-8-15(20-3)16(10-13)22-4/h5-10,12,19H,11H2,1-4H3. The maximum Gasteiger partial charge on any atom is 0.237 e. The lowest BCUT2D eigenvalue weighted by atomic mass is 10.2. The Morgan fingerprint density at radius 1 is 1.27 bits per heavy atom. The highest BCUT2D eigenvalue weighted by molar-refractivity contribution is 7.98. The molecule has 2 aromatic rings. The first-order valence-corrected chi connectivity index (χ1v) is 8.43. The molecule has 0 radical (unpaired) electrons. The Bertz CT molecular complexity index is 617. The van der Waals surface area contributed by atoms with Crippen molar-refractivity contribution in [2.45, 2.75) is 31.4 Å². The summed E-state index contributed by atoms with van der Waals surface area (Å²) in [7, 11) is 1.69. The molecule has 0 aliphatic heterocycles. The minimum absolute atomic E-state index is 0.0968.